The zero-order chi connectivity index (χ0) is 22.2. The number of hydroxylamine groups is 1. The molecule has 2 aliphatic heterocycles. The van der Waals surface area contributed by atoms with Crippen molar-refractivity contribution in [3.05, 3.63) is 52.6 Å². The summed E-state index contributed by atoms with van der Waals surface area (Å²) < 4.78 is 5.94. The molecule has 8 nitrogen and oxygen atoms in total. The Balaban J connectivity index is 1.49. The first kappa shape index (κ1) is 21.5. The van der Waals surface area contributed by atoms with Crippen molar-refractivity contribution in [1.29, 1.82) is 0 Å². The molecule has 2 unspecified atom stereocenters. The monoisotopic (exact) mass is 427 g/mol. The lowest BCUT2D eigenvalue weighted by Crippen LogP contribution is -2.47. The van der Waals surface area contributed by atoms with Gasteiger partial charge in [0.1, 0.15) is 5.75 Å². The Morgan fingerprint density at radius 2 is 2.10 bits per heavy atom. The number of rotatable bonds is 4. The molecule has 8 heteroatoms. The number of carbonyl (C=O) groups is 2. The van der Waals surface area contributed by atoms with Gasteiger partial charge in [0.2, 0.25) is 0 Å². The van der Waals surface area contributed by atoms with Crippen molar-refractivity contribution < 1.29 is 24.3 Å². The molecule has 1 saturated heterocycles. The fraction of sp³-hybridized carbons (Fsp3) is 0.478. The number of hydrogen-bond acceptors (Lipinski definition) is 6. The predicted molar refractivity (Wildman–Crippen MR) is 114 cm³/mol. The van der Waals surface area contributed by atoms with Gasteiger partial charge < -0.3 is 20.5 Å². The van der Waals surface area contributed by atoms with Gasteiger partial charge in [0.25, 0.3) is 11.8 Å². The third-order valence-electron chi connectivity index (χ3n) is 6.66. The number of carbonyl (C=O) groups excluding carboxylic acids is 2. The van der Waals surface area contributed by atoms with Crippen molar-refractivity contribution in [2.75, 3.05) is 26.8 Å². The maximum atomic E-state index is 13.2. The summed E-state index contributed by atoms with van der Waals surface area (Å²) in [7, 11) is 1.33. The minimum absolute atomic E-state index is 0.0962. The Morgan fingerprint density at radius 1 is 1.35 bits per heavy atom. The molecule has 0 aromatic heterocycles. The van der Waals surface area contributed by atoms with Gasteiger partial charge >= 0.3 is 0 Å². The standard InChI is InChI=1S/C23H29N3O5/c1-14-9-16(11-17(20(14)27)21(28)25-30-2)22(29)26-7-5-23(6-8-26)13-31-19-4-3-15(12-24)10-18(19)23/h3-4,9-11,17,20,27H,5-8,12-13,24H2,1-2H3,(H,25,28). The number of ether oxygens (including phenoxy) is 1. The maximum Gasteiger partial charge on any atom is 0.253 e. The summed E-state index contributed by atoms with van der Waals surface area (Å²) in [5.41, 5.74) is 11.2. The highest BCUT2D eigenvalue weighted by Crippen LogP contribution is 2.46. The lowest BCUT2D eigenvalue weighted by molar-refractivity contribution is -0.136. The Bertz CT molecular complexity index is 947. The summed E-state index contributed by atoms with van der Waals surface area (Å²) in [6.45, 7) is 4.00. The van der Waals surface area contributed by atoms with Crippen LogP contribution >= 0.6 is 0 Å². The second-order valence-electron chi connectivity index (χ2n) is 8.55. The molecule has 2 atom stereocenters. The molecule has 4 N–H and O–H groups in total. The van der Waals surface area contributed by atoms with Crippen LogP contribution in [0.15, 0.2) is 41.5 Å². The van der Waals surface area contributed by atoms with Crippen molar-refractivity contribution in [3.8, 4) is 5.75 Å². The lowest BCUT2D eigenvalue weighted by atomic mass is 9.74. The molecule has 3 aliphatic rings. The van der Waals surface area contributed by atoms with E-state index in [9.17, 15) is 14.7 Å². The molecule has 2 amide bonds. The molecule has 0 saturated carbocycles. The molecule has 0 radical (unpaired) electrons. The predicted octanol–water partition coefficient (Wildman–Crippen LogP) is 0.939. The van der Waals surface area contributed by atoms with Crippen LogP contribution < -0.4 is 16.0 Å². The zero-order valence-corrected chi connectivity index (χ0v) is 17.9. The van der Waals surface area contributed by atoms with Gasteiger partial charge in [-0.3, -0.25) is 14.4 Å². The number of nitrogens with two attached hydrogens (primary N) is 1. The first-order valence-electron chi connectivity index (χ1n) is 10.5. The maximum absolute atomic E-state index is 13.2. The van der Waals surface area contributed by atoms with Crippen LogP contribution in [0.2, 0.25) is 0 Å². The van der Waals surface area contributed by atoms with Crippen LogP contribution in [0.3, 0.4) is 0 Å². The largest absolute Gasteiger partial charge is 0.492 e. The number of nitrogens with zero attached hydrogens (tertiary/aromatic N) is 1. The average molecular weight is 428 g/mol. The van der Waals surface area contributed by atoms with E-state index in [2.05, 4.69) is 16.4 Å². The number of benzene rings is 1. The first-order valence-corrected chi connectivity index (χ1v) is 10.5. The highest BCUT2D eigenvalue weighted by molar-refractivity contribution is 5.98. The molecule has 1 aromatic rings. The van der Waals surface area contributed by atoms with Gasteiger partial charge in [-0.25, -0.2) is 5.48 Å². The SMILES string of the molecule is CONC(=O)C1C=C(C(=O)N2CCC3(CC2)COc2ccc(CN)cc23)C=C(C)C1O. The van der Waals surface area contributed by atoms with Gasteiger partial charge in [-0.2, -0.15) is 0 Å². The molecule has 1 fully saturated rings. The van der Waals surface area contributed by atoms with Crippen LogP contribution in [0.1, 0.15) is 30.9 Å². The van der Waals surface area contributed by atoms with Crippen molar-refractivity contribution >= 4 is 11.8 Å². The van der Waals surface area contributed by atoms with Gasteiger partial charge in [-0.1, -0.05) is 18.2 Å². The van der Waals surface area contributed by atoms with E-state index in [1.165, 1.54) is 18.7 Å². The highest BCUT2D eigenvalue weighted by Gasteiger charge is 2.44. The van der Waals surface area contributed by atoms with Crippen molar-refractivity contribution in [2.45, 2.75) is 37.8 Å². The second-order valence-corrected chi connectivity index (χ2v) is 8.55. The Labute approximate surface area is 181 Å². The van der Waals surface area contributed by atoms with Crippen molar-refractivity contribution in [2.24, 2.45) is 11.7 Å². The minimum atomic E-state index is -0.986. The van der Waals surface area contributed by atoms with Crippen molar-refractivity contribution in [1.82, 2.24) is 10.4 Å². The third kappa shape index (κ3) is 3.86. The molecular formula is C23H29N3O5. The fourth-order valence-electron chi connectivity index (χ4n) is 4.74. The van der Waals surface area contributed by atoms with E-state index >= 15 is 0 Å². The Kier molecular flexibility index (Phi) is 5.88. The number of hydrogen-bond donors (Lipinski definition) is 3. The summed E-state index contributed by atoms with van der Waals surface area (Å²) in [6.07, 6.45) is 3.80. The molecule has 0 bridgehead atoms. The number of likely N-dealkylation sites (tertiary alicyclic amines) is 1. The number of amides is 2. The normalized spacial score (nSPS) is 24.2. The summed E-state index contributed by atoms with van der Waals surface area (Å²) in [6, 6.07) is 6.11. The van der Waals surface area contributed by atoms with E-state index in [-0.39, 0.29) is 11.3 Å². The number of nitrogens with one attached hydrogen (secondary N) is 1. The van der Waals surface area contributed by atoms with E-state index in [4.69, 9.17) is 10.5 Å². The molecule has 4 rings (SSSR count). The molecule has 1 aliphatic carbocycles. The van der Waals surface area contributed by atoms with Crippen LogP contribution in [0.4, 0.5) is 0 Å². The van der Waals surface area contributed by atoms with Crippen molar-refractivity contribution in [3.63, 3.8) is 0 Å². The number of piperidine rings is 1. The van der Waals surface area contributed by atoms with Gasteiger partial charge in [0, 0.05) is 36.2 Å². The molecule has 166 valence electrons. The van der Waals surface area contributed by atoms with Gasteiger partial charge in [0.15, 0.2) is 0 Å². The van der Waals surface area contributed by atoms with Gasteiger partial charge in [-0.05, 0) is 43.0 Å². The van der Waals surface area contributed by atoms with Crippen LogP contribution in [0.5, 0.6) is 5.75 Å². The Hall–Kier alpha value is -2.68. The van der Waals surface area contributed by atoms with E-state index in [0.717, 1.165) is 24.2 Å². The third-order valence-corrected chi connectivity index (χ3v) is 6.66. The summed E-state index contributed by atoms with van der Waals surface area (Å²) in [5, 5.41) is 10.3. The number of aliphatic hydroxyl groups excluding tert-OH is 1. The summed E-state index contributed by atoms with van der Waals surface area (Å²) >= 11 is 0. The lowest BCUT2D eigenvalue weighted by Gasteiger charge is -2.39. The summed E-state index contributed by atoms with van der Waals surface area (Å²) in [5.74, 6) is -0.580. The van der Waals surface area contributed by atoms with Gasteiger partial charge in [0.05, 0.1) is 25.7 Å². The minimum Gasteiger partial charge on any atom is -0.492 e. The quantitative estimate of drug-likeness (QED) is 0.616. The van der Waals surface area contributed by atoms with Crippen LogP contribution in [0.25, 0.3) is 0 Å². The van der Waals surface area contributed by atoms with E-state index < -0.39 is 17.9 Å². The zero-order valence-electron chi connectivity index (χ0n) is 17.9. The molecular weight excluding hydrogens is 398 g/mol. The average Bonchev–Trinajstić information content (AvgIpc) is 3.13. The molecule has 2 heterocycles. The van der Waals surface area contributed by atoms with Crippen LogP contribution in [-0.2, 0) is 26.4 Å². The van der Waals surface area contributed by atoms with Crippen LogP contribution in [-0.4, -0.2) is 54.7 Å². The highest BCUT2D eigenvalue weighted by atomic mass is 16.6. The van der Waals surface area contributed by atoms with E-state index in [1.807, 2.05) is 17.0 Å². The molecule has 31 heavy (non-hydrogen) atoms. The first-order chi connectivity index (χ1) is 14.9. The smallest absolute Gasteiger partial charge is 0.253 e. The number of fused-ring (bicyclic) bond motifs is 2. The fourth-order valence-corrected chi connectivity index (χ4v) is 4.74. The number of aliphatic hydroxyl groups is 1. The molecule has 1 spiro atoms. The van der Waals surface area contributed by atoms with Crippen LogP contribution in [0, 0.1) is 5.92 Å². The van der Waals surface area contributed by atoms with E-state index in [1.54, 1.807) is 13.0 Å². The Morgan fingerprint density at radius 3 is 2.77 bits per heavy atom. The topological polar surface area (TPSA) is 114 Å². The van der Waals surface area contributed by atoms with E-state index in [0.29, 0.717) is 37.4 Å². The molecule has 1 aromatic carbocycles. The summed E-state index contributed by atoms with van der Waals surface area (Å²) in [4.78, 5) is 31.9. The van der Waals surface area contributed by atoms with Gasteiger partial charge in [-0.15, -0.1) is 0 Å². The second kappa shape index (κ2) is 8.45.